The lowest BCUT2D eigenvalue weighted by atomic mass is 9.89. The average Bonchev–Trinajstić information content (AvgIpc) is 3.26. The van der Waals surface area contributed by atoms with Crippen LogP contribution >= 0.6 is 0 Å². The quantitative estimate of drug-likeness (QED) is 0.163. The van der Waals surface area contributed by atoms with Crippen molar-refractivity contribution < 1.29 is 0 Å². The fourth-order valence-electron chi connectivity index (χ4n) is 7.60. The molecule has 10 rings (SSSR count). The molecular weight excluding hydrogens is 655 g/mol. The largest absolute Gasteiger partial charge is 0.208 e. The molecule has 1 heterocycles. The van der Waals surface area contributed by atoms with E-state index in [0.29, 0.717) is 17.5 Å². The van der Waals surface area contributed by atoms with E-state index in [1.165, 1.54) is 43.4 Å². The summed E-state index contributed by atoms with van der Waals surface area (Å²) in [5.74, 6) is 1.89. The summed E-state index contributed by atoms with van der Waals surface area (Å²) in [6, 6.07) is 70.7. The van der Waals surface area contributed by atoms with Crippen molar-refractivity contribution >= 4 is 32.3 Å². The zero-order valence-corrected chi connectivity index (χ0v) is 29.4. The Balaban J connectivity index is 1.21. The smallest absolute Gasteiger partial charge is 0.164 e. The van der Waals surface area contributed by atoms with E-state index in [2.05, 4.69) is 176 Å². The van der Waals surface area contributed by atoms with Crippen LogP contribution in [0.3, 0.4) is 0 Å². The van der Waals surface area contributed by atoms with Crippen LogP contribution in [0, 0.1) is 0 Å². The second-order valence-corrected chi connectivity index (χ2v) is 13.6. The Morgan fingerprint density at radius 1 is 0.222 bits per heavy atom. The lowest BCUT2D eigenvalue weighted by Crippen LogP contribution is -2.00. The van der Waals surface area contributed by atoms with Gasteiger partial charge in [0.1, 0.15) is 0 Å². The minimum atomic E-state index is 0.626. The highest BCUT2D eigenvalue weighted by Gasteiger charge is 2.17. The summed E-state index contributed by atoms with van der Waals surface area (Å²) in [5.41, 5.74) is 9.62. The summed E-state index contributed by atoms with van der Waals surface area (Å²) >= 11 is 0. The van der Waals surface area contributed by atoms with E-state index in [0.717, 1.165) is 38.9 Å². The molecule has 0 unspecified atom stereocenters. The molecule has 3 heteroatoms. The number of aromatic nitrogens is 3. The van der Waals surface area contributed by atoms with Gasteiger partial charge in [-0.15, -0.1) is 0 Å². The Morgan fingerprint density at radius 3 is 1.31 bits per heavy atom. The first-order chi connectivity index (χ1) is 26.7. The Labute approximate surface area is 313 Å². The van der Waals surface area contributed by atoms with Crippen molar-refractivity contribution in [2.45, 2.75) is 0 Å². The molecule has 0 atom stereocenters. The number of rotatable bonds is 6. The Bertz CT molecular complexity index is 2960. The van der Waals surface area contributed by atoms with Crippen LogP contribution in [0.2, 0.25) is 0 Å². The summed E-state index contributed by atoms with van der Waals surface area (Å²) in [5, 5.41) is 7.40. The molecule has 0 spiro atoms. The van der Waals surface area contributed by atoms with Crippen LogP contribution in [0.5, 0.6) is 0 Å². The first-order valence-corrected chi connectivity index (χ1v) is 18.3. The van der Waals surface area contributed by atoms with Crippen LogP contribution in [0.15, 0.2) is 200 Å². The summed E-state index contributed by atoms with van der Waals surface area (Å²) in [6.45, 7) is 0. The summed E-state index contributed by atoms with van der Waals surface area (Å²) in [4.78, 5) is 15.4. The van der Waals surface area contributed by atoms with E-state index in [4.69, 9.17) is 15.0 Å². The Kier molecular flexibility index (Phi) is 7.81. The maximum absolute atomic E-state index is 5.20. The van der Waals surface area contributed by atoms with Crippen LogP contribution in [-0.4, -0.2) is 15.0 Å². The molecule has 0 amide bonds. The number of hydrogen-bond acceptors (Lipinski definition) is 3. The maximum atomic E-state index is 5.20. The molecule has 3 nitrogen and oxygen atoms in total. The lowest BCUT2D eigenvalue weighted by molar-refractivity contribution is 1.07. The monoisotopic (exact) mass is 687 g/mol. The SMILES string of the molecule is c1ccc(-c2ccc(-c3nc(-c4ccccc4)nc(-c4cc(-c5ccccc5)cc(-c5cc6c7ccccc7ccc6c6ccccc56)c4)n3)cc2)cc1. The van der Waals surface area contributed by atoms with Gasteiger partial charge >= 0.3 is 0 Å². The lowest BCUT2D eigenvalue weighted by Gasteiger charge is -2.16. The number of fused-ring (bicyclic) bond motifs is 5. The van der Waals surface area contributed by atoms with E-state index in [9.17, 15) is 0 Å². The second-order valence-electron chi connectivity index (χ2n) is 13.6. The zero-order valence-electron chi connectivity index (χ0n) is 29.4. The Morgan fingerprint density at radius 2 is 0.648 bits per heavy atom. The minimum Gasteiger partial charge on any atom is -0.208 e. The molecule has 0 radical (unpaired) electrons. The van der Waals surface area contributed by atoms with E-state index in [1.54, 1.807) is 0 Å². The van der Waals surface area contributed by atoms with Crippen molar-refractivity contribution in [3.8, 4) is 67.5 Å². The highest BCUT2D eigenvalue weighted by Crippen LogP contribution is 2.41. The molecule has 9 aromatic carbocycles. The van der Waals surface area contributed by atoms with Crippen LogP contribution < -0.4 is 0 Å². The average molecular weight is 688 g/mol. The predicted molar refractivity (Wildman–Crippen MR) is 225 cm³/mol. The molecule has 1 aromatic heterocycles. The van der Waals surface area contributed by atoms with Crippen LogP contribution in [0.25, 0.3) is 99.9 Å². The van der Waals surface area contributed by atoms with Gasteiger partial charge in [0.25, 0.3) is 0 Å². The number of nitrogens with zero attached hydrogens (tertiary/aromatic N) is 3. The zero-order chi connectivity index (χ0) is 35.8. The molecular formula is C51H33N3. The van der Waals surface area contributed by atoms with Crippen molar-refractivity contribution in [3.05, 3.63) is 200 Å². The Hall–Kier alpha value is -7.23. The third kappa shape index (κ3) is 5.78. The summed E-state index contributed by atoms with van der Waals surface area (Å²) in [7, 11) is 0. The third-order valence-corrected chi connectivity index (χ3v) is 10.3. The van der Waals surface area contributed by atoms with E-state index >= 15 is 0 Å². The third-order valence-electron chi connectivity index (χ3n) is 10.3. The van der Waals surface area contributed by atoms with Crippen molar-refractivity contribution in [2.75, 3.05) is 0 Å². The summed E-state index contributed by atoms with van der Waals surface area (Å²) < 4.78 is 0. The molecule has 0 N–H and O–H groups in total. The van der Waals surface area contributed by atoms with Crippen molar-refractivity contribution in [1.82, 2.24) is 15.0 Å². The van der Waals surface area contributed by atoms with Gasteiger partial charge in [0, 0.05) is 16.7 Å². The van der Waals surface area contributed by atoms with Gasteiger partial charge in [0.2, 0.25) is 0 Å². The minimum absolute atomic E-state index is 0.626. The molecule has 0 aliphatic rings. The van der Waals surface area contributed by atoms with Crippen molar-refractivity contribution in [3.63, 3.8) is 0 Å². The first-order valence-electron chi connectivity index (χ1n) is 18.3. The molecule has 252 valence electrons. The van der Waals surface area contributed by atoms with Gasteiger partial charge in [0.05, 0.1) is 0 Å². The standard InChI is InChI=1S/C51H33N3/c1-4-14-34(15-5-1)36-24-26-39(27-25-36)50-52-49(38-19-8-3-9-20-38)53-51(54-50)42-31-40(35-16-6-2-7-17-35)30-41(32-42)47-33-48-43-21-11-10-18-37(43)28-29-46(48)44-22-12-13-23-45(44)47/h1-33H. The van der Waals surface area contributed by atoms with E-state index in [1.807, 2.05) is 24.3 Å². The van der Waals surface area contributed by atoms with Gasteiger partial charge in [-0.1, -0.05) is 176 Å². The second kappa shape index (κ2) is 13.4. The topological polar surface area (TPSA) is 38.7 Å². The highest BCUT2D eigenvalue weighted by molar-refractivity contribution is 6.21. The predicted octanol–water partition coefficient (Wildman–Crippen LogP) is 13.3. The molecule has 0 saturated carbocycles. The molecule has 0 fully saturated rings. The van der Waals surface area contributed by atoms with Gasteiger partial charge < -0.3 is 0 Å². The van der Waals surface area contributed by atoms with Crippen LogP contribution in [-0.2, 0) is 0 Å². The molecule has 0 aliphatic heterocycles. The summed E-state index contributed by atoms with van der Waals surface area (Å²) in [6.07, 6.45) is 0. The fraction of sp³-hybridized carbons (Fsp3) is 0. The molecule has 10 aromatic rings. The molecule has 54 heavy (non-hydrogen) atoms. The highest BCUT2D eigenvalue weighted by atomic mass is 15.0. The van der Waals surface area contributed by atoms with Crippen molar-refractivity contribution in [1.29, 1.82) is 0 Å². The molecule has 0 aliphatic carbocycles. The van der Waals surface area contributed by atoms with Crippen molar-refractivity contribution in [2.24, 2.45) is 0 Å². The fourth-order valence-corrected chi connectivity index (χ4v) is 7.60. The first kappa shape index (κ1) is 31.5. The maximum Gasteiger partial charge on any atom is 0.164 e. The van der Waals surface area contributed by atoms with Gasteiger partial charge in [-0.25, -0.2) is 15.0 Å². The van der Waals surface area contributed by atoms with Gasteiger partial charge in [0.15, 0.2) is 17.5 Å². The van der Waals surface area contributed by atoms with Gasteiger partial charge in [-0.3, -0.25) is 0 Å². The van der Waals surface area contributed by atoms with E-state index < -0.39 is 0 Å². The number of hydrogen-bond donors (Lipinski definition) is 0. The van der Waals surface area contributed by atoms with Gasteiger partial charge in [-0.2, -0.15) is 0 Å². The van der Waals surface area contributed by atoms with Gasteiger partial charge in [-0.05, 0) is 90.0 Å². The molecule has 0 bridgehead atoms. The van der Waals surface area contributed by atoms with Crippen LogP contribution in [0.1, 0.15) is 0 Å². The van der Waals surface area contributed by atoms with E-state index in [-0.39, 0.29) is 0 Å². The number of benzene rings is 9. The van der Waals surface area contributed by atoms with Crippen LogP contribution in [0.4, 0.5) is 0 Å². The normalized spacial score (nSPS) is 11.3. The molecule has 0 saturated heterocycles.